The Morgan fingerprint density at radius 1 is 1.33 bits per heavy atom. The monoisotopic (exact) mass is 429 g/mol. The fourth-order valence-corrected chi connectivity index (χ4v) is 3.32. The summed E-state index contributed by atoms with van der Waals surface area (Å²) >= 11 is 6.22. The molecule has 7 heteroatoms. The molecule has 1 amide bonds. The lowest BCUT2D eigenvalue weighted by atomic mass is 10.1. The van der Waals surface area contributed by atoms with E-state index in [2.05, 4.69) is 23.7 Å². The predicted octanol–water partition coefficient (Wildman–Crippen LogP) is 4.99. The Morgan fingerprint density at radius 2 is 2.07 bits per heavy atom. The molecular weight excluding hydrogens is 402 g/mol. The van der Waals surface area contributed by atoms with Gasteiger partial charge in [-0.15, -0.1) is 0 Å². The van der Waals surface area contributed by atoms with Gasteiger partial charge in [0.05, 0.1) is 17.3 Å². The molecule has 1 heterocycles. The molecule has 0 aliphatic heterocycles. The molecule has 1 N–H and O–H groups in total. The highest BCUT2D eigenvalue weighted by atomic mass is 35.5. The predicted molar refractivity (Wildman–Crippen MR) is 120 cm³/mol. The molecule has 0 radical (unpaired) electrons. The van der Waals surface area contributed by atoms with E-state index >= 15 is 0 Å². The number of carbonyl (C=O) groups is 1. The van der Waals surface area contributed by atoms with Crippen LogP contribution < -0.4 is 10.1 Å². The Bertz CT molecular complexity index is 971. The zero-order chi connectivity index (χ0) is 22.3. The summed E-state index contributed by atoms with van der Waals surface area (Å²) in [5, 5.41) is 12.7. The zero-order valence-corrected chi connectivity index (χ0v) is 18.8. The van der Waals surface area contributed by atoms with Crippen molar-refractivity contribution in [3.8, 4) is 11.8 Å². The quantitative estimate of drug-likeness (QED) is 0.346. The van der Waals surface area contributed by atoms with Gasteiger partial charge in [0.2, 0.25) is 0 Å². The van der Waals surface area contributed by atoms with Gasteiger partial charge in [-0.25, -0.2) is 0 Å². The van der Waals surface area contributed by atoms with E-state index in [0.29, 0.717) is 29.0 Å². The minimum Gasteiger partial charge on any atom is -0.487 e. The molecule has 0 saturated carbocycles. The van der Waals surface area contributed by atoms with Gasteiger partial charge in [-0.2, -0.15) is 5.26 Å². The van der Waals surface area contributed by atoms with Crippen molar-refractivity contribution < 1.29 is 14.3 Å². The van der Waals surface area contributed by atoms with Crippen molar-refractivity contribution in [3.05, 3.63) is 51.8 Å². The van der Waals surface area contributed by atoms with Gasteiger partial charge >= 0.3 is 0 Å². The van der Waals surface area contributed by atoms with Gasteiger partial charge in [-0.1, -0.05) is 31.5 Å². The Labute approximate surface area is 183 Å². The van der Waals surface area contributed by atoms with Crippen LogP contribution in [-0.2, 0) is 16.1 Å². The number of amides is 1. The van der Waals surface area contributed by atoms with E-state index in [1.807, 2.05) is 26.0 Å². The number of aryl methyl sites for hydroxylation is 1. The van der Waals surface area contributed by atoms with E-state index in [0.717, 1.165) is 23.5 Å². The average molecular weight is 430 g/mol. The topological polar surface area (TPSA) is 76.3 Å². The number of halogens is 1. The van der Waals surface area contributed by atoms with Crippen molar-refractivity contribution in [2.45, 2.75) is 34.2 Å². The number of nitrogens with one attached hydrogen (secondary N) is 1. The Morgan fingerprint density at radius 3 is 2.70 bits per heavy atom. The largest absolute Gasteiger partial charge is 0.487 e. The summed E-state index contributed by atoms with van der Waals surface area (Å²) in [6.45, 7) is 9.87. The summed E-state index contributed by atoms with van der Waals surface area (Å²) in [4.78, 5) is 12.8. The zero-order valence-electron chi connectivity index (χ0n) is 18.1. The second-order valence-corrected chi connectivity index (χ2v) is 7.82. The van der Waals surface area contributed by atoms with Crippen LogP contribution in [0, 0.1) is 31.1 Å². The summed E-state index contributed by atoms with van der Waals surface area (Å²) in [6.07, 6.45) is 1.62. The molecule has 1 aromatic carbocycles. The lowest BCUT2D eigenvalue weighted by Crippen LogP contribution is -2.15. The molecule has 0 unspecified atom stereocenters. The van der Waals surface area contributed by atoms with E-state index < -0.39 is 5.91 Å². The molecule has 2 rings (SSSR count). The lowest BCUT2D eigenvalue weighted by molar-refractivity contribution is -0.112. The molecule has 1 aromatic heterocycles. The molecule has 0 aliphatic rings. The Balaban J connectivity index is 2.28. The fourth-order valence-electron chi connectivity index (χ4n) is 3.09. The van der Waals surface area contributed by atoms with Crippen molar-refractivity contribution in [1.82, 2.24) is 4.57 Å². The van der Waals surface area contributed by atoms with Crippen molar-refractivity contribution in [3.63, 3.8) is 0 Å². The second kappa shape index (κ2) is 10.9. The normalized spacial score (nSPS) is 11.5. The molecule has 0 bridgehead atoms. The number of methoxy groups -OCH3 is 1. The Kier molecular flexibility index (Phi) is 8.52. The van der Waals surface area contributed by atoms with Crippen molar-refractivity contribution >= 4 is 29.3 Å². The Hall–Kier alpha value is -2.75. The number of para-hydroxylation sites is 1. The second-order valence-electron chi connectivity index (χ2n) is 7.41. The smallest absolute Gasteiger partial charge is 0.266 e. The first-order chi connectivity index (χ1) is 14.3. The molecular formula is C23H28ClN3O3. The number of aromatic nitrogens is 1. The van der Waals surface area contributed by atoms with E-state index in [1.165, 1.54) is 0 Å². The molecule has 0 spiro atoms. The van der Waals surface area contributed by atoms with Crippen LogP contribution in [-0.4, -0.2) is 30.8 Å². The number of rotatable bonds is 9. The first-order valence-corrected chi connectivity index (χ1v) is 10.2. The standard InChI is InChI=1S/C23H28ClN3O3/c1-15(2)14-27-16(3)11-18(17(27)4)12-19(13-25)23(28)26-21-8-6-7-20(24)22(21)30-10-9-29-5/h6-8,11-12,15H,9-10,14H2,1-5H3,(H,26,28)/b19-12-. The van der Waals surface area contributed by atoms with Crippen LogP contribution in [0.25, 0.3) is 6.08 Å². The van der Waals surface area contributed by atoms with Gasteiger partial charge < -0.3 is 19.4 Å². The third kappa shape index (κ3) is 5.88. The molecule has 0 fully saturated rings. The molecule has 160 valence electrons. The van der Waals surface area contributed by atoms with Crippen LogP contribution in [0.15, 0.2) is 29.8 Å². The summed E-state index contributed by atoms with van der Waals surface area (Å²) in [7, 11) is 1.57. The van der Waals surface area contributed by atoms with Crippen LogP contribution in [0.5, 0.6) is 5.75 Å². The number of ether oxygens (including phenoxy) is 2. The fraction of sp³-hybridized carbons (Fsp3) is 0.391. The SMILES string of the molecule is COCCOc1c(Cl)cccc1NC(=O)/C(C#N)=C\c1cc(C)n(CC(C)C)c1C. The minimum absolute atomic E-state index is 0.00242. The summed E-state index contributed by atoms with van der Waals surface area (Å²) in [5.41, 5.74) is 3.36. The van der Waals surface area contributed by atoms with Crippen LogP contribution >= 0.6 is 11.6 Å². The van der Waals surface area contributed by atoms with Gasteiger partial charge in [0.25, 0.3) is 5.91 Å². The van der Waals surface area contributed by atoms with Crippen LogP contribution in [0.1, 0.15) is 30.8 Å². The molecule has 6 nitrogen and oxygen atoms in total. The van der Waals surface area contributed by atoms with Gasteiger partial charge in [0.15, 0.2) is 5.75 Å². The van der Waals surface area contributed by atoms with Crippen molar-refractivity contribution in [2.75, 3.05) is 25.6 Å². The molecule has 0 saturated heterocycles. The highest BCUT2D eigenvalue weighted by Gasteiger charge is 2.16. The van der Waals surface area contributed by atoms with Crippen LogP contribution in [0.3, 0.4) is 0 Å². The summed E-state index contributed by atoms with van der Waals surface area (Å²) in [5.74, 6) is 0.312. The van der Waals surface area contributed by atoms with Crippen LogP contribution in [0.2, 0.25) is 5.02 Å². The maximum atomic E-state index is 12.8. The molecule has 30 heavy (non-hydrogen) atoms. The van der Waals surface area contributed by atoms with Crippen molar-refractivity contribution in [1.29, 1.82) is 5.26 Å². The number of benzene rings is 1. The van der Waals surface area contributed by atoms with Gasteiger partial charge in [0.1, 0.15) is 18.2 Å². The van der Waals surface area contributed by atoms with Gasteiger partial charge in [-0.05, 0) is 49.6 Å². The number of nitrogens with zero attached hydrogens (tertiary/aromatic N) is 2. The van der Waals surface area contributed by atoms with E-state index in [-0.39, 0.29) is 12.2 Å². The van der Waals surface area contributed by atoms with E-state index in [9.17, 15) is 10.1 Å². The number of carbonyl (C=O) groups excluding carboxylic acids is 1. The molecule has 2 aromatic rings. The minimum atomic E-state index is -0.523. The van der Waals surface area contributed by atoms with E-state index in [4.69, 9.17) is 21.1 Å². The lowest BCUT2D eigenvalue weighted by Gasteiger charge is -2.13. The van der Waals surface area contributed by atoms with Crippen LogP contribution in [0.4, 0.5) is 5.69 Å². The van der Waals surface area contributed by atoms with Gasteiger partial charge in [-0.3, -0.25) is 4.79 Å². The maximum absolute atomic E-state index is 12.8. The number of nitriles is 1. The number of hydrogen-bond acceptors (Lipinski definition) is 4. The molecule has 0 aliphatic carbocycles. The van der Waals surface area contributed by atoms with Crippen molar-refractivity contribution in [2.24, 2.45) is 5.92 Å². The van der Waals surface area contributed by atoms with E-state index in [1.54, 1.807) is 31.4 Å². The average Bonchev–Trinajstić information content (AvgIpc) is 2.95. The number of anilines is 1. The third-order valence-corrected chi connectivity index (χ3v) is 4.87. The maximum Gasteiger partial charge on any atom is 0.266 e. The summed E-state index contributed by atoms with van der Waals surface area (Å²) < 4.78 is 12.8. The highest BCUT2D eigenvalue weighted by molar-refractivity contribution is 6.32. The first kappa shape index (κ1) is 23.5. The first-order valence-electron chi connectivity index (χ1n) is 9.78. The number of hydrogen-bond donors (Lipinski definition) is 1. The summed E-state index contributed by atoms with van der Waals surface area (Å²) in [6, 6.07) is 9.04. The highest BCUT2D eigenvalue weighted by Crippen LogP contribution is 2.33. The van der Waals surface area contributed by atoms with Gasteiger partial charge in [0, 0.05) is 25.0 Å². The molecule has 0 atom stereocenters. The third-order valence-electron chi connectivity index (χ3n) is 4.57.